The Labute approximate surface area is 140 Å². The number of aromatic nitrogens is 2. The largest absolute Gasteiger partial charge is 0.351 e. The number of rotatable bonds is 8. The minimum absolute atomic E-state index is 0.102. The van der Waals surface area contributed by atoms with Crippen LogP contribution in [-0.4, -0.2) is 28.0 Å². The van der Waals surface area contributed by atoms with Gasteiger partial charge in [-0.25, -0.2) is 0 Å². The number of nitrogens with zero attached hydrogens (tertiary/aromatic N) is 2. The van der Waals surface area contributed by atoms with Gasteiger partial charge in [0.15, 0.2) is 0 Å². The first-order valence-electron chi connectivity index (χ1n) is 7.33. The molecular weight excluding hydrogens is 318 g/mol. The summed E-state index contributed by atoms with van der Waals surface area (Å²) >= 11 is 7.70. The molecule has 6 heteroatoms. The molecule has 0 bridgehead atoms. The lowest BCUT2D eigenvalue weighted by Gasteiger charge is -2.04. The summed E-state index contributed by atoms with van der Waals surface area (Å²) in [6.45, 7) is 3.44. The molecule has 0 atom stereocenters. The third kappa shape index (κ3) is 5.39. The van der Waals surface area contributed by atoms with Crippen molar-refractivity contribution in [3.8, 4) is 0 Å². The highest BCUT2D eigenvalue weighted by atomic mass is 35.5. The Hall–Kier alpha value is -1.46. The number of halogens is 1. The summed E-state index contributed by atoms with van der Waals surface area (Å²) in [7, 11) is 0. The number of hydrogen-bond donors (Lipinski definition) is 1. The Morgan fingerprint density at radius 3 is 2.77 bits per heavy atom. The molecule has 0 aliphatic carbocycles. The fourth-order valence-corrected chi connectivity index (χ4v) is 2.94. The van der Waals surface area contributed by atoms with Crippen LogP contribution in [0, 0.1) is 0 Å². The van der Waals surface area contributed by atoms with E-state index in [-0.39, 0.29) is 5.91 Å². The Balaban J connectivity index is 1.59. The number of aryl methyl sites for hydroxylation is 1. The minimum atomic E-state index is -0.102. The van der Waals surface area contributed by atoms with Crippen LogP contribution in [0.4, 0.5) is 0 Å². The van der Waals surface area contributed by atoms with E-state index >= 15 is 0 Å². The summed E-state index contributed by atoms with van der Waals surface area (Å²) in [6.07, 6.45) is 2.76. The average molecular weight is 338 g/mol. The molecule has 1 heterocycles. The molecule has 0 radical (unpaired) electrons. The Morgan fingerprint density at radius 1 is 1.32 bits per heavy atom. The van der Waals surface area contributed by atoms with Crippen LogP contribution in [0.1, 0.15) is 29.4 Å². The van der Waals surface area contributed by atoms with Crippen molar-refractivity contribution in [1.29, 1.82) is 0 Å². The van der Waals surface area contributed by atoms with Crippen LogP contribution in [0.2, 0.25) is 5.02 Å². The van der Waals surface area contributed by atoms with Crippen LogP contribution in [-0.2, 0) is 12.3 Å². The van der Waals surface area contributed by atoms with Gasteiger partial charge in [-0.3, -0.25) is 9.48 Å². The van der Waals surface area contributed by atoms with Crippen LogP contribution in [0.3, 0.4) is 0 Å². The second kappa shape index (κ2) is 8.86. The monoisotopic (exact) mass is 337 g/mol. The number of carbonyl (C=O) groups is 1. The first-order chi connectivity index (χ1) is 10.7. The molecular formula is C16H20ClN3OS. The first-order valence-corrected chi connectivity index (χ1v) is 8.86. The van der Waals surface area contributed by atoms with Gasteiger partial charge in [0.1, 0.15) is 5.69 Å². The van der Waals surface area contributed by atoms with Crippen LogP contribution >= 0.6 is 23.4 Å². The van der Waals surface area contributed by atoms with Crippen molar-refractivity contribution < 1.29 is 4.79 Å². The fraction of sp³-hybridized carbons (Fsp3) is 0.375. The molecule has 0 spiro atoms. The Morgan fingerprint density at radius 2 is 2.09 bits per heavy atom. The Kier molecular flexibility index (Phi) is 6.80. The molecule has 1 aromatic heterocycles. The molecule has 0 aliphatic rings. The maximum absolute atomic E-state index is 11.9. The summed E-state index contributed by atoms with van der Waals surface area (Å²) in [6, 6.07) is 9.65. The van der Waals surface area contributed by atoms with Crippen molar-refractivity contribution >= 4 is 29.3 Å². The van der Waals surface area contributed by atoms with E-state index in [0.717, 1.165) is 29.5 Å². The standard InChI is InChI=1S/C16H20ClN3OS/c1-2-20-10-8-15(19-20)16(21)18-9-3-11-22-12-13-4-6-14(17)7-5-13/h4-8,10H,2-3,9,11-12H2,1H3,(H,18,21). The van der Waals surface area contributed by atoms with E-state index in [0.29, 0.717) is 12.2 Å². The van der Waals surface area contributed by atoms with Gasteiger partial charge in [0, 0.05) is 30.1 Å². The number of benzene rings is 1. The smallest absolute Gasteiger partial charge is 0.271 e. The molecule has 4 nitrogen and oxygen atoms in total. The van der Waals surface area contributed by atoms with Gasteiger partial charge in [-0.2, -0.15) is 16.9 Å². The van der Waals surface area contributed by atoms with E-state index in [1.165, 1.54) is 5.56 Å². The van der Waals surface area contributed by atoms with Crippen molar-refractivity contribution in [2.45, 2.75) is 25.6 Å². The number of carbonyl (C=O) groups excluding carboxylic acids is 1. The van der Waals surface area contributed by atoms with E-state index < -0.39 is 0 Å². The van der Waals surface area contributed by atoms with E-state index in [1.54, 1.807) is 10.7 Å². The number of thioether (sulfide) groups is 1. The molecule has 1 amide bonds. The van der Waals surface area contributed by atoms with Crippen LogP contribution < -0.4 is 5.32 Å². The Bertz CT molecular complexity index is 598. The molecule has 22 heavy (non-hydrogen) atoms. The van der Waals surface area contributed by atoms with Gasteiger partial charge in [0.25, 0.3) is 5.91 Å². The molecule has 0 fully saturated rings. The van der Waals surface area contributed by atoms with Crippen molar-refractivity contribution in [2.75, 3.05) is 12.3 Å². The van der Waals surface area contributed by atoms with E-state index in [4.69, 9.17) is 11.6 Å². The highest BCUT2D eigenvalue weighted by Crippen LogP contribution is 2.15. The lowest BCUT2D eigenvalue weighted by Crippen LogP contribution is -2.25. The van der Waals surface area contributed by atoms with Gasteiger partial charge in [-0.05, 0) is 42.9 Å². The number of nitrogens with one attached hydrogen (secondary N) is 1. The fourth-order valence-electron chi connectivity index (χ4n) is 1.90. The number of hydrogen-bond acceptors (Lipinski definition) is 3. The molecule has 1 N–H and O–H groups in total. The van der Waals surface area contributed by atoms with Crippen molar-refractivity contribution in [3.05, 3.63) is 52.8 Å². The summed E-state index contributed by atoms with van der Waals surface area (Å²) < 4.78 is 1.75. The normalized spacial score (nSPS) is 10.6. The van der Waals surface area contributed by atoms with E-state index in [2.05, 4.69) is 10.4 Å². The zero-order valence-corrected chi connectivity index (χ0v) is 14.2. The number of amides is 1. The third-order valence-electron chi connectivity index (χ3n) is 3.13. The second-order valence-electron chi connectivity index (χ2n) is 4.85. The van der Waals surface area contributed by atoms with Crippen LogP contribution in [0.15, 0.2) is 36.5 Å². The second-order valence-corrected chi connectivity index (χ2v) is 6.39. The van der Waals surface area contributed by atoms with E-state index in [1.807, 2.05) is 49.1 Å². The molecule has 2 aromatic rings. The summed E-state index contributed by atoms with van der Waals surface area (Å²) in [5.74, 6) is 1.87. The lowest BCUT2D eigenvalue weighted by molar-refractivity contribution is 0.0948. The summed E-state index contributed by atoms with van der Waals surface area (Å²) in [5, 5.41) is 7.84. The van der Waals surface area contributed by atoms with Gasteiger partial charge < -0.3 is 5.32 Å². The molecule has 0 saturated heterocycles. The van der Waals surface area contributed by atoms with Crippen LogP contribution in [0.5, 0.6) is 0 Å². The zero-order valence-electron chi connectivity index (χ0n) is 12.6. The van der Waals surface area contributed by atoms with Crippen molar-refractivity contribution in [2.24, 2.45) is 0 Å². The SMILES string of the molecule is CCn1ccc(C(=O)NCCCSCc2ccc(Cl)cc2)n1. The van der Waals surface area contributed by atoms with Gasteiger partial charge >= 0.3 is 0 Å². The molecule has 0 unspecified atom stereocenters. The lowest BCUT2D eigenvalue weighted by atomic mass is 10.2. The van der Waals surface area contributed by atoms with Crippen molar-refractivity contribution in [3.63, 3.8) is 0 Å². The average Bonchev–Trinajstić information content (AvgIpc) is 3.01. The summed E-state index contributed by atoms with van der Waals surface area (Å²) in [4.78, 5) is 11.9. The maximum atomic E-state index is 11.9. The topological polar surface area (TPSA) is 46.9 Å². The van der Waals surface area contributed by atoms with Crippen LogP contribution in [0.25, 0.3) is 0 Å². The van der Waals surface area contributed by atoms with Gasteiger partial charge in [-0.1, -0.05) is 23.7 Å². The molecule has 0 aliphatic heterocycles. The van der Waals surface area contributed by atoms with Crippen molar-refractivity contribution in [1.82, 2.24) is 15.1 Å². The zero-order chi connectivity index (χ0) is 15.8. The molecule has 0 saturated carbocycles. The van der Waals surface area contributed by atoms with Gasteiger partial charge in [-0.15, -0.1) is 0 Å². The highest BCUT2D eigenvalue weighted by Gasteiger charge is 2.07. The predicted octanol–water partition coefficient (Wildman–Crippen LogP) is 3.61. The summed E-state index contributed by atoms with van der Waals surface area (Å²) in [5.41, 5.74) is 1.75. The first kappa shape index (κ1) is 16.9. The molecule has 1 aromatic carbocycles. The quantitative estimate of drug-likeness (QED) is 0.748. The molecule has 118 valence electrons. The molecule has 2 rings (SSSR count). The third-order valence-corrected chi connectivity index (χ3v) is 4.50. The van der Waals surface area contributed by atoms with Gasteiger partial charge in [0.05, 0.1) is 0 Å². The maximum Gasteiger partial charge on any atom is 0.271 e. The van der Waals surface area contributed by atoms with Gasteiger partial charge in [0.2, 0.25) is 0 Å². The highest BCUT2D eigenvalue weighted by molar-refractivity contribution is 7.98. The minimum Gasteiger partial charge on any atom is -0.351 e. The predicted molar refractivity (Wildman–Crippen MR) is 92.5 cm³/mol. The van der Waals surface area contributed by atoms with E-state index in [9.17, 15) is 4.79 Å².